The van der Waals surface area contributed by atoms with Gasteiger partial charge in [-0.05, 0) is 31.0 Å². The zero-order chi connectivity index (χ0) is 14.8. The average molecular weight is 272 g/mol. The Labute approximate surface area is 120 Å². The summed E-state index contributed by atoms with van der Waals surface area (Å²) in [5.74, 6) is 2.50. The smallest absolute Gasteiger partial charge is 0.224 e. The van der Waals surface area contributed by atoms with E-state index in [1.54, 1.807) is 6.07 Å². The van der Waals surface area contributed by atoms with E-state index < -0.39 is 0 Å². The Balaban J connectivity index is 2.20. The second-order valence-corrected chi connectivity index (χ2v) is 4.57. The maximum absolute atomic E-state index is 11.7. The Hall–Kier alpha value is -2.28. The number of nitrogens with one attached hydrogen (secondary N) is 2. The van der Waals surface area contributed by atoms with Crippen molar-refractivity contribution in [1.82, 2.24) is 5.32 Å². The van der Waals surface area contributed by atoms with Crippen molar-refractivity contribution in [3.8, 4) is 12.3 Å². The van der Waals surface area contributed by atoms with Gasteiger partial charge in [0.2, 0.25) is 11.8 Å². The predicted octanol–water partition coefficient (Wildman–Crippen LogP) is 2.30. The van der Waals surface area contributed by atoms with Crippen LogP contribution in [0, 0.1) is 12.3 Å². The summed E-state index contributed by atoms with van der Waals surface area (Å²) >= 11 is 0. The van der Waals surface area contributed by atoms with E-state index in [0.717, 1.165) is 30.5 Å². The van der Waals surface area contributed by atoms with Crippen LogP contribution in [0.2, 0.25) is 0 Å². The first kappa shape index (κ1) is 15.8. The van der Waals surface area contributed by atoms with Gasteiger partial charge in [0.25, 0.3) is 0 Å². The van der Waals surface area contributed by atoms with Crippen LogP contribution < -0.4 is 10.6 Å². The fourth-order valence-electron chi connectivity index (χ4n) is 1.76. The quantitative estimate of drug-likeness (QED) is 0.591. The van der Waals surface area contributed by atoms with Gasteiger partial charge in [-0.1, -0.05) is 18.4 Å². The molecule has 4 nitrogen and oxygen atoms in total. The summed E-state index contributed by atoms with van der Waals surface area (Å²) in [5.41, 5.74) is 1.47. The number of unbranched alkanes of at least 4 members (excludes halogenated alkanes) is 2. The first-order chi connectivity index (χ1) is 9.61. The van der Waals surface area contributed by atoms with Gasteiger partial charge in [0.15, 0.2) is 0 Å². The Morgan fingerprint density at radius 1 is 1.25 bits per heavy atom. The highest BCUT2D eigenvalue weighted by Crippen LogP contribution is 2.10. The van der Waals surface area contributed by atoms with Gasteiger partial charge in [0, 0.05) is 31.1 Å². The number of terminal acetylenes is 1. The van der Waals surface area contributed by atoms with Crippen LogP contribution in [-0.2, 0) is 9.59 Å². The zero-order valence-corrected chi connectivity index (χ0v) is 11.7. The molecule has 4 heteroatoms. The van der Waals surface area contributed by atoms with E-state index in [2.05, 4.69) is 16.6 Å². The van der Waals surface area contributed by atoms with Gasteiger partial charge in [0.1, 0.15) is 0 Å². The molecule has 1 aromatic carbocycles. The van der Waals surface area contributed by atoms with Gasteiger partial charge < -0.3 is 10.6 Å². The van der Waals surface area contributed by atoms with Gasteiger partial charge in [-0.2, -0.15) is 0 Å². The summed E-state index contributed by atoms with van der Waals surface area (Å²) in [6.45, 7) is 2.17. The number of hydrogen-bond donors (Lipinski definition) is 2. The van der Waals surface area contributed by atoms with Gasteiger partial charge >= 0.3 is 0 Å². The standard InChI is InChI=1S/C16H20N2O2/c1-3-14-8-7-9-15(12-14)18-16(20)10-5-4-6-11-17-13(2)19/h1,7-9,12H,4-6,10-11H2,2H3,(H,17,19)(H,18,20). The molecule has 0 radical (unpaired) electrons. The Kier molecular flexibility index (Phi) is 6.91. The average Bonchev–Trinajstić information content (AvgIpc) is 2.42. The maximum Gasteiger partial charge on any atom is 0.224 e. The zero-order valence-electron chi connectivity index (χ0n) is 11.7. The summed E-state index contributed by atoms with van der Waals surface area (Å²) in [6, 6.07) is 7.22. The molecule has 0 saturated heterocycles. The van der Waals surface area contributed by atoms with Crippen LogP contribution in [-0.4, -0.2) is 18.4 Å². The van der Waals surface area contributed by atoms with Crippen molar-refractivity contribution >= 4 is 17.5 Å². The highest BCUT2D eigenvalue weighted by Gasteiger charge is 2.02. The summed E-state index contributed by atoms with van der Waals surface area (Å²) in [4.78, 5) is 22.4. The minimum Gasteiger partial charge on any atom is -0.356 e. The van der Waals surface area contributed by atoms with Crippen LogP contribution in [0.15, 0.2) is 24.3 Å². The Bertz CT molecular complexity index is 503. The van der Waals surface area contributed by atoms with Gasteiger partial charge in [0.05, 0.1) is 0 Å². The molecule has 0 aliphatic rings. The first-order valence-electron chi connectivity index (χ1n) is 6.73. The van der Waals surface area contributed by atoms with Crippen molar-refractivity contribution in [3.05, 3.63) is 29.8 Å². The SMILES string of the molecule is C#Cc1cccc(NC(=O)CCCCCNC(C)=O)c1. The molecule has 1 aromatic rings. The molecule has 0 aliphatic carbocycles. The second-order valence-electron chi connectivity index (χ2n) is 4.57. The number of amides is 2. The molecule has 106 valence electrons. The van der Waals surface area contributed by atoms with Crippen LogP contribution in [0.5, 0.6) is 0 Å². The van der Waals surface area contributed by atoms with E-state index >= 15 is 0 Å². The Morgan fingerprint density at radius 3 is 2.75 bits per heavy atom. The molecular weight excluding hydrogens is 252 g/mol. The topological polar surface area (TPSA) is 58.2 Å². The third-order valence-corrected chi connectivity index (χ3v) is 2.77. The minimum atomic E-state index is -0.0175. The molecular formula is C16H20N2O2. The largest absolute Gasteiger partial charge is 0.356 e. The summed E-state index contributed by atoms with van der Waals surface area (Å²) in [7, 11) is 0. The normalized spacial score (nSPS) is 9.60. The third-order valence-electron chi connectivity index (χ3n) is 2.77. The van der Waals surface area contributed by atoms with Crippen molar-refractivity contribution < 1.29 is 9.59 Å². The van der Waals surface area contributed by atoms with E-state index in [4.69, 9.17) is 6.42 Å². The van der Waals surface area contributed by atoms with Crippen molar-refractivity contribution in [2.45, 2.75) is 32.6 Å². The van der Waals surface area contributed by atoms with Gasteiger partial charge in [-0.25, -0.2) is 0 Å². The highest BCUT2D eigenvalue weighted by molar-refractivity contribution is 5.90. The lowest BCUT2D eigenvalue weighted by molar-refractivity contribution is -0.119. The van der Waals surface area contributed by atoms with Crippen molar-refractivity contribution in [1.29, 1.82) is 0 Å². The van der Waals surface area contributed by atoms with Crippen molar-refractivity contribution in [3.63, 3.8) is 0 Å². The lowest BCUT2D eigenvalue weighted by atomic mass is 10.1. The molecule has 0 heterocycles. The first-order valence-corrected chi connectivity index (χ1v) is 6.73. The minimum absolute atomic E-state index is 0.0151. The molecule has 0 aromatic heterocycles. The maximum atomic E-state index is 11.7. The van der Waals surface area contributed by atoms with E-state index in [9.17, 15) is 9.59 Å². The number of carbonyl (C=O) groups excluding carboxylic acids is 2. The molecule has 2 N–H and O–H groups in total. The predicted molar refractivity (Wildman–Crippen MR) is 80.2 cm³/mol. The fourth-order valence-corrected chi connectivity index (χ4v) is 1.76. The summed E-state index contributed by atoms with van der Waals surface area (Å²) < 4.78 is 0. The van der Waals surface area contributed by atoms with Crippen molar-refractivity contribution in [2.75, 3.05) is 11.9 Å². The van der Waals surface area contributed by atoms with E-state index in [-0.39, 0.29) is 11.8 Å². The van der Waals surface area contributed by atoms with E-state index in [1.165, 1.54) is 6.92 Å². The lowest BCUT2D eigenvalue weighted by Crippen LogP contribution is -2.20. The Morgan fingerprint density at radius 2 is 2.05 bits per heavy atom. The summed E-state index contributed by atoms with van der Waals surface area (Å²) in [6.07, 6.45) is 8.39. The molecule has 0 aliphatic heterocycles. The van der Waals surface area contributed by atoms with Crippen LogP contribution in [0.4, 0.5) is 5.69 Å². The molecule has 0 unspecified atom stereocenters. The molecule has 0 saturated carbocycles. The van der Waals surface area contributed by atoms with E-state index in [1.807, 2.05) is 18.2 Å². The number of benzene rings is 1. The summed E-state index contributed by atoms with van der Waals surface area (Å²) in [5, 5.41) is 5.55. The molecule has 20 heavy (non-hydrogen) atoms. The van der Waals surface area contributed by atoms with Crippen LogP contribution in [0.25, 0.3) is 0 Å². The number of anilines is 1. The number of hydrogen-bond acceptors (Lipinski definition) is 2. The molecule has 0 spiro atoms. The number of carbonyl (C=O) groups is 2. The van der Waals surface area contributed by atoms with Crippen LogP contribution >= 0.6 is 0 Å². The lowest BCUT2D eigenvalue weighted by Gasteiger charge is -2.06. The third kappa shape index (κ3) is 6.60. The second kappa shape index (κ2) is 8.76. The van der Waals surface area contributed by atoms with Gasteiger partial charge in [-0.15, -0.1) is 6.42 Å². The van der Waals surface area contributed by atoms with E-state index in [0.29, 0.717) is 13.0 Å². The van der Waals surface area contributed by atoms with Gasteiger partial charge in [-0.3, -0.25) is 9.59 Å². The molecule has 2 amide bonds. The molecule has 1 rings (SSSR count). The van der Waals surface area contributed by atoms with Crippen LogP contribution in [0.3, 0.4) is 0 Å². The number of rotatable bonds is 7. The van der Waals surface area contributed by atoms with Crippen LogP contribution in [0.1, 0.15) is 38.2 Å². The molecule has 0 fully saturated rings. The fraction of sp³-hybridized carbons (Fsp3) is 0.375. The monoisotopic (exact) mass is 272 g/mol. The highest BCUT2D eigenvalue weighted by atomic mass is 16.2. The molecule has 0 bridgehead atoms. The molecule has 0 atom stereocenters. The van der Waals surface area contributed by atoms with Crippen molar-refractivity contribution in [2.24, 2.45) is 0 Å².